The molecular formula is C80H77FN16. The first kappa shape index (κ1) is 60.9. The highest BCUT2D eigenvalue weighted by Gasteiger charge is 2.43. The van der Waals surface area contributed by atoms with Crippen LogP contribution >= 0.6 is 0 Å². The van der Waals surface area contributed by atoms with Crippen molar-refractivity contribution < 1.29 is 4.39 Å². The lowest BCUT2D eigenvalue weighted by molar-refractivity contribution is 0.199. The second-order valence-corrected chi connectivity index (χ2v) is 27.1. The van der Waals surface area contributed by atoms with Crippen LogP contribution in [0.2, 0.25) is 0 Å². The van der Waals surface area contributed by atoms with Crippen LogP contribution in [0.5, 0.6) is 0 Å². The molecule has 0 bridgehead atoms. The van der Waals surface area contributed by atoms with E-state index < -0.39 is 0 Å². The van der Waals surface area contributed by atoms with E-state index in [1.54, 1.807) is 0 Å². The minimum absolute atomic E-state index is 0.213. The fourth-order valence-corrected chi connectivity index (χ4v) is 15.2. The molecule has 0 amide bonds. The summed E-state index contributed by atoms with van der Waals surface area (Å²) in [4.78, 5) is 26.3. The number of nitrogens with one attached hydrogen (secondary N) is 1. The van der Waals surface area contributed by atoms with Gasteiger partial charge in [0.2, 0.25) is 0 Å². The van der Waals surface area contributed by atoms with Gasteiger partial charge < -0.3 is 33.7 Å². The molecule has 1 N–H and O–H groups in total. The molecule has 0 saturated carbocycles. The van der Waals surface area contributed by atoms with Crippen LogP contribution in [0.25, 0.3) is 85.0 Å². The largest absolute Gasteiger partial charge is 0.375 e. The van der Waals surface area contributed by atoms with Gasteiger partial charge in [0.25, 0.3) is 0 Å². The summed E-state index contributed by atoms with van der Waals surface area (Å²) in [5.41, 5.74) is 21.5. The number of imidazole rings is 3. The van der Waals surface area contributed by atoms with Gasteiger partial charge in [-0.3, -0.25) is 13.7 Å². The van der Waals surface area contributed by atoms with Crippen molar-refractivity contribution in [2.24, 2.45) is 11.3 Å². The number of aromatic nitrogens is 10. The van der Waals surface area contributed by atoms with Crippen LogP contribution in [0.15, 0.2) is 195 Å². The second kappa shape index (κ2) is 25.6. The first-order chi connectivity index (χ1) is 47.6. The smallest absolute Gasteiger partial charge is 0.161 e. The molecule has 3 fully saturated rings. The van der Waals surface area contributed by atoms with Gasteiger partial charge in [-0.1, -0.05) is 69.5 Å². The summed E-state index contributed by atoms with van der Waals surface area (Å²) in [5, 5.41) is 21.6. The average molecular weight is 1280 g/mol. The van der Waals surface area contributed by atoms with E-state index in [-0.39, 0.29) is 5.82 Å². The maximum atomic E-state index is 13.4. The van der Waals surface area contributed by atoms with E-state index in [0.717, 1.165) is 144 Å². The van der Waals surface area contributed by atoms with Crippen molar-refractivity contribution >= 4 is 17.2 Å². The van der Waals surface area contributed by atoms with Crippen LogP contribution in [0, 0.1) is 39.8 Å². The van der Waals surface area contributed by atoms with Gasteiger partial charge in [-0.05, 0) is 156 Å². The van der Waals surface area contributed by atoms with Crippen LogP contribution < -0.4 is 20.0 Å². The van der Waals surface area contributed by atoms with Crippen molar-refractivity contribution in [3.05, 3.63) is 229 Å². The van der Waals surface area contributed by atoms with E-state index in [0.29, 0.717) is 16.5 Å². The third-order valence-corrected chi connectivity index (χ3v) is 20.7. The van der Waals surface area contributed by atoms with E-state index in [1.807, 2.05) is 104 Å². The summed E-state index contributed by atoms with van der Waals surface area (Å²) in [7, 11) is 2.17. The fourth-order valence-electron chi connectivity index (χ4n) is 15.2. The van der Waals surface area contributed by atoms with Crippen LogP contribution in [-0.4, -0.2) is 100 Å². The van der Waals surface area contributed by atoms with Crippen molar-refractivity contribution in [3.63, 3.8) is 0 Å². The van der Waals surface area contributed by atoms with Crippen molar-refractivity contribution in [3.8, 4) is 97.1 Å². The SMILES string of the molecule is CCCCC1CCN(c2ccc3c(c2)Cn2cc(-c4ccc(F)cc4)cc2-c2nccn2-3)C1.CCCCN(C)c1ccc2c(c1)Cn1cc(-c3ccc(C#N)cc3)cc1-c1nccn1-2.N#Cc1ccc(-c2cc3n(c2)Cc2cc(N4CCC5(CNC5)C4)ncc2-n2ccnc2-3)cc1. The number of hydrogen-bond acceptors (Lipinski definition) is 10. The Balaban J connectivity index is 0.000000114. The molecule has 7 aromatic heterocycles. The Bertz CT molecular complexity index is 4960. The molecule has 3 saturated heterocycles. The highest BCUT2D eigenvalue weighted by Crippen LogP contribution is 2.42. The molecule has 0 radical (unpaired) electrons. The summed E-state index contributed by atoms with van der Waals surface area (Å²) in [5.74, 6) is 4.49. The Morgan fingerprint density at radius 3 is 1.59 bits per heavy atom. The van der Waals surface area contributed by atoms with E-state index >= 15 is 0 Å². The van der Waals surface area contributed by atoms with Crippen molar-refractivity contribution in [2.45, 2.75) is 78.4 Å². The Labute approximate surface area is 565 Å². The molecule has 1 unspecified atom stereocenters. The molecular weight excluding hydrogens is 1200 g/mol. The summed E-state index contributed by atoms with van der Waals surface area (Å²) >= 11 is 0. The first-order valence-corrected chi connectivity index (χ1v) is 34.2. The number of pyridine rings is 1. The summed E-state index contributed by atoms with van der Waals surface area (Å²) < 4.78 is 26.8. The van der Waals surface area contributed by atoms with E-state index in [1.165, 1.54) is 103 Å². The van der Waals surface area contributed by atoms with Gasteiger partial charge in [0.1, 0.15) is 11.6 Å². The predicted molar refractivity (Wildman–Crippen MR) is 382 cm³/mol. The molecule has 484 valence electrons. The van der Waals surface area contributed by atoms with Gasteiger partial charge in [-0.15, -0.1) is 0 Å². The van der Waals surface area contributed by atoms with E-state index in [2.05, 4.69) is 175 Å². The zero-order valence-corrected chi connectivity index (χ0v) is 55.2. The minimum atomic E-state index is -0.213. The van der Waals surface area contributed by atoms with Crippen LogP contribution in [0.3, 0.4) is 0 Å². The van der Waals surface area contributed by atoms with Crippen molar-refractivity contribution in [2.75, 3.05) is 67.6 Å². The average Bonchev–Trinajstić information content (AvgIpc) is 1.63. The Morgan fingerprint density at radius 1 is 0.557 bits per heavy atom. The molecule has 16 nitrogen and oxygen atoms in total. The molecule has 12 aromatic rings. The Kier molecular flexibility index (Phi) is 16.1. The molecule has 0 aliphatic carbocycles. The highest BCUT2D eigenvalue weighted by molar-refractivity contribution is 5.76. The summed E-state index contributed by atoms with van der Waals surface area (Å²) in [6, 6.07) is 49.0. The molecule has 13 heterocycles. The van der Waals surface area contributed by atoms with Crippen LogP contribution in [-0.2, 0) is 19.6 Å². The normalized spacial score (nSPS) is 15.5. The fraction of sp³-hybridized carbons (Fsp3) is 0.275. The van der Waals surface area contributed by atoms with Crippen molar-refractivity contribution in [1.29, 1.82) is 10.5 Å². The van der Waals surface area contributed by atoms with Gasteiger partial charge in [0, 0.05) is 167 Å². The van der Waals surface area contributed by atoms with Crippen LogP contribution in [0.1, 0.15) is 86.6 Å². The number of anilines is 3. The zero-order valence-electron chi connectivity index (χ0n) is 55.2. The maximum absolute atomic E-state index is 13.4. The first-order valence-electron chi connectivity index (χ1n) is 34.2. The standard InChI is InChI=1S/C28H29FN4.C26H23N7.C26H25N5/c1-2-3-4-20-11-13-31(17-20)25-9-10-26-23(15-25)19-32-18-22(21-5-7-24(29)8-6-21)16-27(32)28-30-12-14-33(26)28;27-11-18-1-3-19(4-2-18)20-9-22-25-29-6-8-33(25)23-12-30-24(10-21(23)14-32(22)13-20)31-7-5-26(17-31)15-28-16-26;1-3-4-12-29(2)23-9-10-24-22(14-23)18-30-17-21(20-7-5-19(16-27)6-8-20)15-25(30)26-28-11-13-31(24)26/h5-10,12,14-16,18,20H,2-4,11,13,17,19H2,1H3;1-4,6,8-10,12-13,28H,5,7,14-17H2;5-11,13-15,17H,3-4,12,18H2,1-2H3. The number of nitriles is 2. The molecule has 5 aromatic carbocycles. The number of fused-ring (bicyclic) bond motifs is 15. The molecule has 17 heteroatoms. The summed E-state index contributed by atoms with van der Waals surface area (Å²) in [6.07, 6.45) is 29.1. The zero-order chi connectivity index (χ0) is 65.7. The van der Waals surface area contributed by atoms with Crippen LogP contribution in [0.4, 0.5) is 21.6 Å². The molecule has 1 spiro atoms. The lowest BCUT2D eigenvalue weighted by Crippen LogP contribution is -2.54. The van der Waals surface area contributed by atoms with Crippen molar-refractivity contribution in [1.82, 2.24) is 52.7 Å². The van der Waals surface area contributed by atoms with E-state index in [4.69, 9.17) is 15.5 Å². The number of halogens is 1. The molecule has 1 atom stereocenters. The number of benzene rings is 5. The lowest BCUT2D eigenvalue weighted by atomic mass is 9.81. The van der Waals surface area contributed by atoms with Gasteiger partial charge in [0.05, 0.1) is 63.6 Å². The lowest BCUT2D eigenvalue weighted by Gasteiger charge is -2.39. The third kappa shape index (κ3) is 11.7. The maximum Gasteiger partial charge on any atom is 0.161 e. The third-order valence-electron chi connectivity index (χ3n) is 20.7. The van der Waals surface area contributed by atoms with E-state index in [9.17, 15) is 4.39 Å². The van der Waals surface area contributed by atoms with Gasteiger partial charge in [-0.25, -0.2) is 24.3 Å². The van der Waals surface area contributed by atoms with Gasteiger partial charge in [0.15, 0.2) is 17.5 Å². The highest BCUT2D eigenvalue weighted by atomic mass is 19.1. The number of hydrogen-bond donors (Lipinski definition) is 1. The predicted octanol–water partition coefficient (Wildman–Crippen LogP) is 15.4. The molecule has 6 aliphatic heterocycles. The monoisotopic (exact) mass is 1280 g/mol. The van der Waals surface area contributed by atoms with Gasteiger partial charge >= 0.3 is 0 Å². The quantitative estimate of drug-likeness (QED) is 0.125. The summed E-state index contributed by atoms with van der Waals surface area (Å²) in [6.45, 7) is 14.6. The number of rotatable bonds is 12. The Morgan fingerprint density at radius 2 is 1.07 bits per heavy atom. The van der Waals surface area contributed by atoms with Gasteiger partial charge in [-0.2, -0.15) is 10.5 Å². The topological polar surface area (TPSA) is 150 Å². The molecule has 18 rings (SSSR count). The second-order valence-electron chi connectivity index (χ2n) is 27.1. The molecule has 97 heavy (non-hydrogen) atoms. The minimum Gasteiger partial charge on any atom is -0.375 e. The number of nitrogens with zero attached hydrogens (tertiary/aromatic N) is 15. The Hall–Kier alpha value is -11.0. The molecule has 6 aliphatic rings. The number of unbranched alkanes of at least 4 members (excludes halogenated alkanes) is 2.